The quantitative estimate of drug-likeness (QED) is 0.238. The van der Waals surface area contributed by atoms with Crippen LogP contribution in [-0.4, -0.2) is 39.9 Å². The van der Waals surface area contributed by atoms with Crippen LogP contribution in [0.5, 0.6) is 0 Å². The van der Waals surface area contributed by atoms with E-state index in [1.54, 1.807) is 0 Å². The van der Waals surface area contributed by atoms with Gasteiger partial charge in [-0.25, -0.2) is 0 Å². The van der Waals surface area contributed by atoms with Crippen LogP contribution in [0.25, 0.3) is 0 Å². The molecule has 0 heterocycles. The van der Waals surface area contributed by atoms with Gasteiger partial charge in [0.2, 0.25) is 0 Å². The van der Waals surface area contributed by atoms with Crippen LogP contribution >= 0.6 is 45.8 Å². The van der Waals surface area contributed by atoms with Gasteiger partial charge in [0.25, 0.3) is 0 Å². The molecule has 0 aromatic carbocycles. The van der Waals surface area contributed by atoms with Gasteiger partial charge in [-0.15, -0.1) is 0 Å². The van der Waals surface area contributed by atoms with Crippen molar-refractivity contribution in [2.45, 2.75) is 48.1 Å². The summed E-state index contributed by atoms with van der Waals surface area (Å²) in [5, 5.41) is -10.2. The molecule has 134 valence electrons. The predicted octanol–water partition coefficient (Wildman–Crippen LogP) is 5.55. The van der Waals surface area contributed by atoms with Crippen LogP contribution in [0.1, 0.15) is 19.8 Å². The van der Waals surface area contributed by atoms with Gasteiger partial charge >= 0.3 is 22.7 Å². The number of halogens is 10. The molecule has 0 amide bonds. The van der Waals surface area contributed by atoms with E-state index < -0.39 is 34.7 Å². The fourth-order valence-corrected chi connectivity index (χ4v) is 1.90. The zero-order chi connectivity index (χ0) is 18.0. The van der Waals surface area contributed by atoms with E-state index in [2.05, 4.69) is 32.7 Å². The summed E-state index contributed by atoms with van der Waals surface area (Å²) >= 11 is 10.3. The van der Waals surface area contributed by atoms with Crippen LogP contribution in [0.3, 0.4) is 0 Å². The van der Waals surface area contributed by atoms with Gasteiger partial charge in [0.1, 0.15) is 5.60 Å². The maximum absolute atomic E-state index is 14.0. The molecule has 2 atom stereocenters. The summed E-state index contributed by atoms with van der Waals surface area (Å²) in [6.45, 7) is 0.615. The van der Waals surface area contributed by atoms with Crippen LogP contribution in [0.15, 0.2) is 0 Å². The highest BCUT2D eigenvalue weighted by atomic mass is 127. The molecule has 12 heteroatoms. The second-order valence-corrected chi connectivity index (χ2v) is 6.47. The molecule has 0 saturated carbocycles. The van der Waals surface area contributed by atoms with Crippen LogP contribution in [0, 0.1) is 0 Å². The van der Waals surface area contributed by atoms with Crippen LogP contribution in [-0.2, 0) is 9.47 Å². The standard InChI is InChI=1S/C10H12Cl2F7IO2/c1-6(21-2,4-3-5-20)7(13,14)10(18,19)22-9(12,17)8(11,15)16/h3-5H2,1-2H3. The van der Waals surface area contributed by atoms with Crippen LogP contribution in [0.2, 0.25) is 0 Å². The molecule has 0 N–H and O–H groups in total. The highest BCUT2D eigenvalue weighted by Crippen LogP contribution is 2.52. The maximum atomic E-state index is 14.0. The summed E-state index contributed by atoms with van der Waals surface area (Å²) in [6, 6.07) is 0. The van der Waals surface area contributed by atoms with Gasteiger partial charge in [0, 0.05) is 7.11 Å². The molecule has 2 nitrogen and oxygen atoms in total. The average molecular weight is 495 g/mol. The molecular weight excluding hydrogens is 483 g/mol. The smallest absolute Gasteiger partial charge is 0.372 e. The van der Waals surface area contributed by atoms with Gasteiger partial charge in [-0.1, -0.05) is 22.6 Å². The lowest BCUT2D eigenvalue weighted by Crippen LogP contribution is -2.61. The van der Waals surface area contributed by atoms with Crippen molar-refractivity contribution in [1.29, 1.82) is 0 Å². The highest BCUT2D eigenvalue weighted by molar-refractivity contribution is 14.1. The minimum Gasteiger partial charge on any atom is -0.372 e. The van der Waals surface area contributed by atoms with Crippen molar-refractivity contribution in [3.63, 3.8) is 0 Å². The summed E-state index contributed by atoms with van der Waals surface area (Å²) in [7, 11) is 0.719. The van der Waals surface area contributed by atoms with Crippen LogP contribution in [0.4, 0.5) is 30.7 Å². The first kappa shape index (κ1) is 22.7. The fourth-order valence-electron chi connectivity index (χ4n) is 1.38. The first-order valence-electron chi connectivity index (χ1n) is 5.59. The van der Waals surface area contributed by atoms with Crippen molar-refractivity contribution in [2.24, 2.45) is 0 Å². The number of hydrogen-bond acceptors (Lipinski definition) is 2. The minimum absolute atomic E-state index is 0.0455. The molecular formula is C10H12Cl2F7IO2. The van der Waals surface area contributed by atoms with E-state index in [1.807, 2.05) is 22.6 Å². The summed E-state index contributed by atoms with van der Waals surface area (Å²) in [4.78, 5) is 0. The Bertz CT molecular complexity index is 379. The number of hydrogen-bond donors (Lipinski definition) is 0. The van der Waals surface area contributed by atoms with Crippen molar-refractivity contribution < 1.29 is 40.2 Å². The van der Waals surface area contributed by atoms with Crippen molar-refractivity contribution in [3.8, 4) is 0 Å². The fraction of sp³-hybridized carbons (Fsp3) is 1.00. The molecule has 0 fully saturated rings. The Morgan fingerprint density at radius 2 is 1.45 bits per heavy atom. The number of ether oxygens (including phenoxy) is 2. The van der Waals surface area contributed by atoms with E-state index in [9.17, 15) is 30.7 Å². The normalized spacial score (nSPS) is 19.6. The van der Waals surface area contributed by atoms with E-state index in [1.165, 1.54) is 0 Å². The largest absolute Gasteiger partial charge is 0.426 e. The Labute approximate surface area is 145 Å². The maximum Gasteiger partial charge on any atom is 0.426 e. The molecule has 0 saturated heterocycles. The Balaban J connectivity index is 5.55. The van der Waals surface area contributed by atoms with Gasteiger partial charge in [0.15, 0.2) is 0 Å². The lowest BCUT2D eigenvalue weighted by atomic mass is 9.91. The zero-order valence-electron chi connectivity index (χ0n) is 11.2. The van der Waals surface area contributed by atoms with Gasteiger partial charge in [-0.2, -0.15) is 30.7 Å². The third kappa shape index (κ3) is 4.64. The van der Waals surface area contributed by atoms with Gasteiger partial charge < -0.3 is 4.74 Å². The summed E-state index contributed by atoms with van der Waals surface area (Å²) in [6.07, 6.45) is -6.24. The van der Waals surface area contributed by atoms with Crippen molar-refractivity contribution in [3.05, 3.63) is 0 Å². The number of rotatable bonds is 9. The SMILES string of the molecule is COC(C)(CCCI)C(F)(F)C(F)(F)OC(F)(Cl)C(F)(F)Cl. The van der Waals surface area contributed by atoms with Gasteiger partial charge in [0.05, 0.1) is 0 Å². The monoisotopic (exact) mass is 494 g/mol. The third-order valence-electron chi connectivity index (χ3n) is 2.85. The molecule has 0 bridgehead atoms. The van der Waals surface area contributed by atoms with Crippen molar-refractivity contribution in [2.75, 3.05) is 11.5 Å². The number of methoxy groups -OCH3 is 1. The molecule has 0 aliphatic rings. The number of alkyl halides is 10. The molecule has 0 aromatic rings. The van der Waals surface area contributed by atoms with E-state index in [0.29, 0.717) is 11.4 Å². The summed E-state index contributed by atoms with van der Waals surface area (Å²) in [5.74, 6) is -5.17. The predicted molar refractivity (Wildman–Crippen MR) is 75.0 cm³/mol. The highest BCUT2D eigenvalue weighted by Gasteiger charge is 2.73. The van der Waals surface area contributed by atoms with Crippen molar-refractivity contribution in [1.82, 2.24) is 0 Å². The Hall–Kier alpha value is 0.740. The molecule has 0 spiro atoms. The second kappa shape index (κ2) is 7.32. The first-order chi connectivity index (χ1) is 9.58. The van der Waals surface area contributed by atoms with E-state index in [0.717, 1.165) is 7.11 Å². The summed E-state index contributed by atoms with van der Waals surface area (Å²) in [5.41, 5.74) is -2.81. The van der Waals surface area contributed by atoms with Gasteiger partial charge in [-0.3, -0.25) is 4.74 Å². The molecule has 2 unspecified atom stereocenters. The molecule has 0 aliphatic carbocycles. The van der Waals surface area contributed by atoms with E-state index in [4.69, 9.17) is 0 Å². The summed E-state index contributed by atoms with van der Waals surface area (Å²) < 4.78 is 101. The topological polar surface area (TPSA) is 18.5 Å². The van der Waals surface area contributed by atoms with Gasteiger partial charge in [-0.05, 0) is 47.4 Å². The zero-order valence-corrected chi connectivity index (χ0v) is 14.9. The first-order valence-corrected chi connectivity index (χ1v) is 7.87. The minimum atomic E-state index is -5.71. The Kier molecular flexibility index (Phi) is 7.57. The molecule has 0 aromatic heterocycles. The van der Waals surface area contributed by atoms with Crippen LogP contribution < -0.4 is 0 Å². The van der Waals surface area contributed by atoms with E-state index in [-0.39, 0.29) is 6.42 Å². The molecule has 0 aliphatic heterocycles. The van der Waals surface area contributed by atoms with Crippen molar-refractivity contribution >= 4 is 45.8 Å². The molecule has 22 heavy (non-hydrogen) atoms. The molecule has 0 rings (SSSR count). The average Bonchev–Trinajstić information content (AvgIpc) is 2.32. The lowest BCUT2D eigenvalue weighted by Gasteiger charge is -2.41. The molecule has 0 radical (unpaired) electrons. The Morgan fingerprint density at radius 3 is 1.77 bits per heavy atom. The third-order valence-corrected chi connectivity index (χ3v) is 4.27. The second-order valence-electron chi connectivity index (χ2n) is 4.44. The lowest BCUT2D eigenvalue weighted by molar-refractivity contribution is -0.429. The van der Waals surface area contributed by atoms with E-state index >= 15 is 0 Å². The Morgan fingerprint density at radius 1 is 1.00 bits per heavy atom.